The number of primary amides is 1. The third-order valence-corrected chi connectivity index (χ3v) is 3.96. The van der Waals surface area contributed by atoms with Crippen LogP contribution in [0, 0.1) is 0 Å². The first-order valence-electron chi connectivity index (χ1n) is 6.48. The van der Waals surface area contributed by atoms with E-state index >= 15 is 0 Å². The number of nitrogen functional groups attached to an aromatic ring is 1. The van der Waals surface area contributed by atoms with E-state index in [1.165, 1.54) is 11.8 Å². The fraction of sp³-hybridized carbons (Fsp3) is 0.357. The lowest BCUT2D eigenvalue weighted by Gasteiger charge is -2.35. The highest BCUT2D eigenvalue weighted by atomic mass is 16.4. The molecule has 1 aromatic carbocycles. The fourth-order valence-corrected chi connectivity index (χ4v) is 2.50. The van der Waals surface area contributed by atoms with E-state index < -0.39 is 17.4 Å². The van der Waals surface area contributed by atoms with Gasteiger partial charge in [-0.05, 0) is 25.5 Å². The van der Waals surface area contributed by atoms with E-state index in [1.54, 1.807) is 18.2 Å². The van der Waals surface area contributed by atoms with Crippen LogP contribution in [0.4, 0.5) is 5.69 Å². The predicted octanol–water partition coefficient (Wildman–Crippen LogP) is 0.333. The Morgan fingerprint density at radius 1 is 1.43 bits per heavy atom. The van der Waals surface area contributed by atoms with E-state index in [0.717, 1.165) is 0 Å². The lowest BCUT2D eigenvalue weighted by molar-refractivity contribution is -0.138. The van der Waals surface area contributed by atoms with Gasteiger partial charge < -0.3 is 21.5 Å². The number of benzene rings is 1. The van der Waals surface area contributed by atoms with Crippen molar-refractivity contribution in [2.45, 2.75) is 31.8 Å². The summed E-state index contributed by atoms with van der Waals surface area (Å²) in [6, 6.07) is 4.97. The third kappa shape index (κ3) is 2.42. The van der Waals surface area contributed by atoms with Crippen LogP contribution in [0.1, 0.15) is 35.7 Å². The lowest BCUT2D eigenvalue weighted by Crippen LogP contribution is -2.55. The van der Waals surface area contributed by atoms with Crippen LogP contribution in [0.3, 0.4) is 0 Å². The van der Waals surface area contributed by atoms with Crippen LogP contribution >= 0.6 is 0 Å². The molecule has 0 bridgehead atoms. The smallest absolute Gasteiger partial charge is 0.303 e. The number of fused-ring (bicyclic) bond motifs is 1. The molecule has 1 atom stereocenters. The average molecular weight is 291 g/mol. The van der Waals surface area contributed by atoms with E-state index in [1.807, 2.05) is 0 Å². The second-order valence-corrected chi connectivity index (χ2v) is 5.30. The van der Waals surface area contributed by atoms with Crippen molar-refractivity contribution in [3.8, 4) is 0 Å². The summed E-state index contributed by atoms with van der Waals surface area (Å²) < 4.78 is 0. The van der Waals surface area contributed by atoms with Crippen molar-refractivity contribution in [2.75, 3.05) is 5.73 Å². The van der Waals surface area contributed by atoms with Gasteiger partial charge in [-0.25, -0.2) is 0 Å². The Hall–Kier alpha value is -2.57. The molecule has 0 aromatic heterocycles. The Morgan fingerprint density at radius 2 is 2.10 bits per heavy atom. The molecule has 0 spiro atoms. The number of carboxylic acids is 1. The first kappa shape index (κ1) is 14.8. The molecular weight excluding hydrogens is 274 g/mol. The molecule has 21 heavy (non-hydrogen) atoms. The topological polar surface area (TPSA) is 127 Å². The fourth-order valence-electron chi connectivity index (χ4n) is 2.50. The summed E-state index contributed by atoms with van der Waals surface area (Å²) in [5.74, 6) is -2.14. The maximum absolute atomic E-state index is 12.5. The molecule has 0 aliphatic carbocycles. The Balaban J connectivity index is 2.36. The highest BCUT2D eigenvalue weighted by Crippen LogP contribution is 2.34. The molecule has 1 aromatic rings. The number of carboxylic acid groups (broad SMARTS) is 1. The van der Waals surface area contributed by atoms with Gasteiger partial charge in [0.25, 0.3) is 5.91 Å². The SMILES string of the molecule is CC(CCC(=O)O)(C(N)=O)N1Cc2c(N)cccc2C1=O. The van der Waals surface area contributed by atoms with Gasteiger partial charge in [-0.3, -0.25) is 14.4 Å². The molecule has 7 nitrogen and oxygen atoms in total. The van der Waals surface area contributed by atoms with Crippen molar-refractivity contribution in [2.24, 2.45) is 5.73 Å². The van der Waals surface area contributed by atoms with E-state index in [2.05, 4.69) is 0 Å². The number of carbonyl (C=O) groups excluding carboxylic acids is 2. The molecule has 0 radical (unpaired) electrons. The lowest BCUT2D eigenvalue weighted by atomic mass is 9.92. The Morgan fingerprint density at radius 3 is 2.62 bits per heavy atom. The van der Waals surface area contributed by atoms with Crippen molar-refractivity contribution in [1.82, 2.24) is 4.90 Å². The summed E-state index contributed by atoms with van der Waals surface area (Å²) in [5.41, 5.74) is 11.4. The standard InChI is InChI=1S/C14H17N3O4/c1-14(13(16)21,6-5-11(18)19)17-7-9-8(12(17)20)3-2-4-10(9)15/h2-4H,5-7,15H2,1H3,(H2,16,21)(H,18,19). The number of amides is 2. The Kier molecular flexibility index (Phi) is 3.59. The second kappa shape index (κ2) is 5.08. The average Bonchev–Trinajstić information content (AvgIpc) is 2.75. The summed E-state index contributed by atoms with van der Waals surface area (Å²) in [5, 5.41) is 8.81. The van der Waals surface area contributed by atoms with Crippen LogP contribution in [0.25, 0.3) is 0 Å². The summed E-state index contributed by atoms with van der Waals surface area (Å²) >= 11 is 0. The summed E-state index contributed by atoms with van der Waals surface area (Å²) in [7, 11) is 0. The molecular formula is C14H17N3O4. The third-order valence-electron chi connectivity index (χ3n) is 3.96. The summed E-state index contributed by atoms with van der Waals surface area (Å²) in [4.78, 5) is 36.3. The molecule has 0 saturated carbocycles. The Labute approximate surface area is 121 Å². The van der Waals surface area contributed by atoms with E-state index in [-0.39, 0.29) is 25.3 Å². The Bertz CT molecular complexity index is 629. The minimum Gasteiger partial charge on any atom is -0.481 e. The van der Waals surface area contributed by atoms with Crippen LogP contribution in [-0.2, 0) is 16.1 Å². The molecule has 1 unspecified atom stereocenters. The number of hydrogen-bond donors (Lipinski definition) is 3. The van der Waals surface area contributed by atoms with Gasteiger partial charge in [0.1, 0.15) is 5.54 Å². The highest BCUT2D eigenvalue weighted by molar-refractivity contribution is 6.03. The highest BCUT2D eigenvalue weighted by Gasteiger charge is 2.45. The van der Waals surface area contributed by atoms with Crippen molar-refractivity contribution >= 4 is 23.5 Å². The second-order valence-electron chi connectivity index (χ2n) is 5.30. The summed E-state index contributed by atoms with van der Waals surface area (Å²) in [6.07, 6.45) is -0.299. The normalized spacial score (nSPS) is 16.4. The van der Waals surface area contributed by atoms with E-state index in [9.17, 15) is 14.4 Å². The predicted molar refractivity (Wildman–Crippen MR) is 75.2 cm³/mol. The number of nitrogens with two attached hydrogens (primary N) is 2. The van der Waals surface area contributed by atoms with Crippen LogP contribution < -0.4 is 11.5 Å². The van der Waals surface area contributed by atoms with Crippen LogP contribution in [0.15, 0.2) is 18.2 Å². The molecule has 1 aliphatic rings. The first-order chi connectivity index (χ1) is 9.77. The van der Waals surface area contributed by atoms with E-state index in [4.69, 9.17) is 16.6 Å². The number of anilines is 1. The number of carbonyl (C=O) groups is 3. The van der Waals surface area contributed by atoms with Gasteiger partial charge in [0.05, 0.1) is 0 Å². The van der Waals surface area contributed by atoms with Crippen molar-refractivity contribution in [1.29, 1.82) is 0 Å². The molecule has 0 fully saturated rings. The zero-order chi connectivity index (χ0) is 15.8. The van der Waals surface area contributed by atoms with Crippen LogP contribution in [-0.4, -0.2) is 33.3 Å². The minimum absolute atomic E-state index is 0.0443. The largest absolute Gasteiger partial charge is 0.481 e. The van der Waals surface area contributed by atoms with Gasteiger partial charge in [-0.1, -0.05) is 6.07 Å². The number of aliphatic carboxylic acids is 1. The monoisotopic (exact) mass is 291 g/mol. The van der Waals surface area contributed by atoms with Crippen molar-refractivity contribution in [3.05, 3.63) is 29.3 Å². The number of rotatable bonds is 5. The van der Waals surface area contributed by atoms with Crippen molar-refractivity contribution in [3.63, 3.8) is 0 Å². The number of nitrogens with zero attached hydrogens (tertiary/aromatic N) is 1. The molecule has 1 aliphatic heterocycles. The van der Waals surface area contributed by atoms with Crippen LogP contribution in [0.2, 0.25) is 0 Å². The summed E-state index contributed by atoms with van der Waals surface area (Å²) in [6.45, 7) is 1.64. The van der Waals surface area contributed by atoms with Gasteiger partial charge in [-0.15, -0.1) is 0 Å². The number of hydrogen-bond acceptors (Lipinski definition) is 4. The van der Waals surface area contributed by atoms with Crippen molar-refractivity contribution < 1.29 is 19.5 Å². The minimum atomic E-state index is -1.36. The molecule has 2 rings (SSSR count). The maximum atomic E-state index is 12.5. The maximum Gasteiger partial charge on any atom is 0.303 e. The zero-order valence-corrected chi connectivity index (χ0v) is 11.6. The first-order valence-corrected chi connectivity index (χ1v) is 6.48. The van der Waals surface area contributed by atoms with Gasteiger partial charge in [0.15, 0.2) is 0 Å². The molecule has 5 N–H and O–H groups in total. The quantitative estimate of drug-likeness (QED) is 0.674. The van der Waals surface area contributed by atoms with Crippen LogP contribution in [0.5, 0.6) is 0 Å². The van der Waals surface area contributed by atoms with Gasteiger partial charge in [-0.2, -0.15) is 0 Å². The molecule has 0 saturated heterocycles. The molecule has 2 amide bonds. The molecule has 112 valence electrons. The zero-order valence-electron chi connectivity index (χ0n) is 11.6. The molecule has 7 heteroatoms. The van der Waals surface area contributed by atoms with E-state index in [0.29, 0.717) is 16.8 Å². The van der Waals surface area contributed by atoms with Gasteiger partial charge in [0.2, 0.25) is 5.91 Å². The van der Waals surface area contributed by atoms with Gasteiger partial charge >= 0.3 is 5.97 Å². The molecule has 1 heterocycles. The van der Waals surface area contributed by atoms with Gasteiger partial charge in [0, 0.05) is 29.8 Å².